The summed E-state index contributed by atoms with van der Waals surface area (Å²) in [5.74, 6) is 0.878. The van der Waals surface area contributed by atoms with Crippen LogP contribution in [0, 0.1) is 6.92 Å². The zero-order valence-corrected chi connectivity index (χ0v) is 17.7. The van der Waals surface area contributed by atoms with Gasteiger partial charge >= 0.3 is 0 Å². The molecule has 1 aromatic rings. The molecule has 1 aliphatic rings. The Kier molecular flexibility index (Phi) is 9.05. The molecule has 5 heteroatoms. The fraction of sp³-hybridized carbons (Fsp3) is 0.632. The maximum absolute atomic E-state index is 5.66. The SMILES string of the molecule is CCNC(=NCC(C)(C)c1cccc(C)c1)NCC1CCCO1.I. The summed E-state index contributed by atoms with van der Waals surface area (Å²) in [6.45, 7) is 12.0. The van der Waals surface area contributed by atoms with Crippen molar-refractivity contribution in [2.24, 2.45) is 4.99 Å². The number of ether oxygens (including phenoxy) is 1. The van der Waals surface area contributed by atoms with Crippen LogP contribution in [0.2, 0.25) is 0 Å². The van der Waals surface area contributed by atoms with Crippen LogP contribution in [-0.4, -0.2) is 38.3 Å². The first kappa shape index (κ1) is 21.2. The lowest BCUT2D eigenvalue weighted by molar-refractivity contribution is 0.114. The van der Waals surface area contributed by atoms with E-state index in [1.807, 2.05) is 0 Å². The van der Waals surface area contributed by atoms with E-state index in [4.69, 9.17) is 9.73 Å². The van der Waals surface area contributed by atoms with E-state index in [9.17, 15) is 0 Å². The van der Waals surface area contributed by atoms with Crippen molar-refractivity contribution in [3.05, 3.63) is 35.4 Å². The van der Waals surface area contributed by atoms with E-state index >= 15 is 0 Å². The van der Waals surface area contributed by atoms with Crippen molar-refractivity contribution >= 4 is 29.9 Å². The van der Waals surface area contributed by atoms with Crippen molar-refractivity contribution in [3.63, 3.8) is 0 Å². The molecule has 0 aliphatic carbocycles. The Labute approximate surface area is 163 Å². The van der Waals surface area contributed by atoms with Crippen LogP contribution in [0.1, 0.15) is 44.7 Å². The van der Waals surface area contributed by atoms with Gasteiger partial charge < -0.3 is 15.4 Å². The van der Waals surface area contributed by atoms with Crippen LogP contribution in [0.3, 0.4) is 0 Å². The minimum atomic E-state index is 0. The number of benzene rings is 1. The summed E-state index contributed by atoms with van der Waals surface area (Å²) in [4.78, 5) is 4.79. The highest BCUT2D eigenvalue weighted by molar-refractivity contribution is 14.0. The number of hydrogen-bond acceptors (Lipinski definition) is 2. The van der Waals surface area contributed by atoms with Crippen molar-refractivity contribution < 1.29 is 4.74 Å². The van der Waals surface area contributed by atoms with E-state index in [1.54, 1.807) is 0 Å². The van der Waals surface area contributed by atoms with Gasteiger partial charge in [-0.2, -0.15) is 0 Å². The number of aliphatic imine (C=N–C) groups is 1. The molecule has 1 aromatic carbocycles. The number of guanidine groups is 1. The summed E-state index contributed by atoms with van der Waals surface area (Å²) in [6, 6.07) is 8.70. The summed E-state index contributed by atoms with van der Waals surface area (Å²) in [6.07, 6.45) is 2.63. The normalized spacial score (nSPS) is 18.2. The molecule has 0 amide bonds. The number of nitrogens with zero attached hydrogens (tertiary/aromatic N) is 1. The third-order valence-electron chi connectivity index (χ3n) is 4.30. The van der Waals surface area contributed by atoms with Gasteiger partial charge in [0.05, 0.1) is 12.6 Å². The zero-order chi connectivity index (χ0) is 16.7. The fourth-order valence-corrected chi connectivity index (χ4v) is 2.79. The van der Waals surface area contributed by atoms with E-state index in [0.29, 0.717) is 6.10 Å². The van der Waals surface area contributed by atoms with Gasteiger partial charge in [-0.05, 0) is 32.3 Å². The first-order valence-electron chi connectivity index (χ1n) is 8.72. The Hall–Kier alpha value is -0.820. The molecule has 0 bridgehead atoms. The lowest BCUT2D eigenvalue weighted by Crippen LogP contribution is -2.41. The summed E-state index contributed by atoms with van der Waals surface area (Å²) in [5.41, 5.74) is 2.64. The van der Waals surface area contributed by atoms with Crippen LogP contribution in [0.4, 0.5) is 0 Å². The highest BCUT2D eigenvalue weighted by Gasteiger charge is 2.21. The largest absolute Gasteiger partial charge is 0.376 e. The fourth-order valence-electron chi connectivity index (χ4n) is 2.79. The molecule has 0 saturated carbocycles. The highest BCUT2D eigenvalue weighted by Crippen LogP contribution is 2.24. The standard InChI is InChI=1S/C19H31N3O.HI/c1-5-20-18(21-13-17-10-7-11-23-17)22-14-19(3,4)16-9-6-8-15(2)12-16;/h6,8-9,12,17H,5,7,10-11,13-14H2,1-4H3,(H2,20,21,22);1H. The Morgan fingerprint density at radius 2 is 2.12 bits per heavy atom. The number of hydrogen-bond donors (Lipinski definition) is 2. The molecular formula is C19H32IN3O. The van der Waals surface area contributed by atoms with Gasteiger partial charge in [0.1, 0.15) is 0 Å². The van der Waals surface area contributed by atoms with Gasteiger partial charge in [0.2, 0.25) is 0 Å². The topological polar surface area (TPSA) is 45.7 Å². The lowest BCUT2D eigenvalue weighted by Gasteiger charge is -2.24. The highest BCUT2D eigenvalue weighted by atomic mass is 127. The second-order valence-corrected chi connectivity index (χ2v) is 6.96. The Morgan fingerprint density at radius 1 is 1.33 bits per heavy atom. The van der Waals surface area contributed by atoms with Gasteiger partial charge in [0, 0.05) is 25.1 Å². The lowest BCUT2D eigenvalue weighted by atomic mass is 9.84. The van der Waals surface area contributed by atoms with E-state index in [-0.39, 0.29) is 29.4 Å². The summed E-state index contributed by atoms with van der Waals surface area (Å²) >= 11 is 0. The second-order valence-electron chi connectivity index (χ2n) is 6.96. The first-order valence-corrected chi connectivity index (χ1v) is 8.72. The Bertz CT molecular complexity index is 525. The zero-order valence-electron chi connectivity index (χ0n) is 15.4. The van der Waals surface area contributed by atoms with Crippen molar-refractivity contribution in [2.45, 2.75) is 52.1 Å². The van der Waals surface area contributed by atoms with E-state index in [1.165, 1.54) is 17.5 Å². The smallest absolute Gasteiger partial charge is 0.191 e. The molecule has 0 radical (unpaired) electrons. The number of aryl methyl sites for hydroxylation is 1. The van der Waals surface area contributed by atoms with Gasteiger partial charge in [-0.25, -0.2) is 0 Å². The van der Waals surface area contributed by atoms with Gasteiger partial charge in [-0.15, -0.1) is 24.0 Å². The molecule has 0 spiro atoms. The van der Waals surface area contributed by atoms with Gasteiger partial charge in [0.15, 0.2) is 5.96 Å². The molecule has 136 valence electrons. The Morgan fingerprint density at radius 3 is 2.75 bits per heavy atom. The van der Waals surface area contributed by atoms with E-state index in [0.717, 1.165) is 38.6 Å². The van der Waals surface area contributed by atoms with Crippen molar-refractivity contribution in [1.82, 2.24) is 10.6 Å². The molecular weight excluding hydrogens is 413 g/mol. The third-order valence-corrected chi connectivity index (χ3v) is 4.30. The van der Waals surface area contributed by atoms with Crippen LogP contribution < -0.4 is 10.6 Å². The van der Waals surface area contributed by atoms with Crippen LogP contribution in [0.25, 0.3) is 0 Å². The van der Waals surface area contributed by atoms with E-state index < -0.39 is 0 Å². The first-order chi connectivity index (χ1) is 11.0. The number of halogens is 1. The molecule has 2 N–H and O–H groups in total. The third kappa shape index (κ3) is 6.59. The second kappa shape index (κ2) is 10.2. The predicted molar refractivity (Wildman–Crippen MR) is 113 cm³/mol. The van der Waals surface area contributed by atoms with Crippen LogP contribution in [-0.2, 0) is 10.2 Å². The molecule has 1 aliphatic heterocycles. The van der Waals surface area contributed by atoms with Crippen molar-refractivity contribution in [2.75, 3.05) is 26.2 Å². The molecule has 1 saturated heterocycles. The maximum atomic E-state index is 5.66. The average molecular weight is 445 g/mol. The van der Waals surface area contributed by atoms with Crippen LogP contribution in [0.15, 0.2) is 29.3 Å². The summed E-state index contributed by atoms with van der Waals surface area (Å²) in [5, 5.41) is 6.74. The Balaban J connectivity index is 0.00000288. The summed E-state index contributed by atoms with van der Waals surface area (Å²) < 4.78 is 5.66. The molecule has 24 heavy (non-hydrogen) atoms. The molecule has 0 aromatic heterocycles. The van der Waals surface area contributed by atoms with Crippen LogP contribution >= 0.6 is 24.0 Å². The van der Waals surface area contributed by atoms with Gasteiger partial charge in [-0.1, -0.05) is 43.7 Å². The number of nitrogens with one attached hydrogen (secondary N) is 2. The van der Waals surface area contributed by atoms with Gasteiger partial charge in [0.25, 0.3) is 0 Å². The quantitative estimate of drug-likeness (QED) is 0.400. The molecule has 1 unspecified atom stereocenters. The molecule has 4 nitrogen and oxygen atoms in total. The summed E-state index contributed by atoms with van der Waals surface area (Å²) in [7, 11) is 0. The monoisotopic (exact) mass is 445 g/mol. The predicted octanol–water partition coefficient (Wildman–Crippen LogP) is 3.62. The van der Waals surface area contributed by atoms with Crippen molar-refractivity contribution in [1.29, 1.82) is 0 Å². The minimum absolute atomic E-state index is 0. The van der Waals surface area contributed by atoms with E-state index in [2.05, 4.69) is 62.6 Å². The molecule has 1 heterocycles. The maximum Gasteiger partial charge on any atom is 0.191 e. The van der Waals surface area contributed by atoms with Gasteiger partial charge in [-0.3, -0.25) is 4.99 Å². The molecule has 1 fully saturated rings. The van der Waals surface area contributed by atoms with Crippen molar-refractivity contribution in [3.8, 4) is 0 Å². The average Bonchev–Trinajstić information content (AvgIpc) is 3.03. The number of rotatable bonds is 6. The molecule has 2 rings (SSSR count). The minimum Gasteiger partial charge on any atom is -0.376 e. The van der Waals surface area contributed by atoms with Crippen LogP contribution in [0.5, 0.6) is 0 Å². The molecule has 1 atom stereocenters.